The summed E-state index contributed by atoms with van der Waals surface area (Å²) in [7, 11) is -3.19. The van der Waals surface area contributed by atoms with Crippen LogP contribution in [0.15, 0.2) is 24.3 Å². The lowest BCUT2D eigenvalue weighted by Gasteiger charge is -2.23. The number of carbonyl (C=O) groups excluding carboxylic acids is 2. The molecule has 8 heteroatoms. The van der Waals surface area contributed by atoms with E-state index >= 15 is 0 Å². The Kier molecular flexibility index (Phi) is 10.8. The zero-order chi connectivity index (χ0) is 29.8. The summed E-state index contributed by atoms with van der Waals surface area (Å²) in [6.45, 7) is 20.2. The quantitative estimate of drug-likeness (QED) is 0.296. The van der Waals surface area contributed by atoms with Gasteiger partial charge in [-0.2, -0.15) is 8.42 Å². The van der Waals surface area contributed by atoms with Gasteiger partial charge in [-0.15, -0.1) is 0 Å². The van der Waals surface area contributed by atoms with Gasteiger partial charge in [0.15, 0.2) is 0 Å². The molecule has 0 aliphatic heterocycles. The van der Waals surface area contributed by atoms with E-state index in [2.05, 4.69) is 58.4 Å². The van der Waals surface area contributed by atoms with Crippen LogP contribution in [0.1, 0.15) is 143 Å². The summed E-state index contributed by atoms with van der Waals surface area (Å²) in [6, 6.07) is 7.19. The third-order valence-electron chi connectivity index (χ3n) is 6.83. The van der Waals surface area contributed by atoms with E-state index in [1.54, 1.807) is 0 Å². The number of methoxy groups -OCH3 is 1. The zero-order valence-electron chi connectivity index (χ0n) is 25.3. The monoisotopic (exact) mass is 559 g/mol. The van der Waals surface area contributed by atoms with Gasteiger partial charge in [0.05, 0.1) is 19.1 Å². The highest BCUT2D eigenvalue weighted by Crippen LogP contribution is 2.38. The largest absolute Gasteiger partial charge is 0.465 e. The molecular formula is C31H45NO6S. The first-order valence-electron chi connectivity index (χ1n) is 13.7. The highest BCUT2D eigenvalue weighted by Gasteiger charge is 2.27. The van der Waals surface area contributed by atoms with E-state index in [0.717, 1.165) is 16.7 Å². The summed E-state index contributed by atoms with van der Waals surface area (Å²) in [6.07, 6.45) is -0.0858. The van der Waals surface area contributed by atoms with Crippen molar-refractivity contribution in [3.05, 3.63) is 63.2 Å². The second kappa shape index (κ2) is 13.0. The molecule has 0 unspecified atom stereocenters. The number of benzene rings is 2. The average Bonchev–Trinajstić information content (AvgIpc) is 2.81. The molecule has 2 rings (SSSR count). The van der Waals surface area contributed by atoms with Crippen LogP contribution in [0.25, 0.3) is 0 Å². The van der Waals surface area contributed by atoms with E-state index in [4.69, 9.17) is 8.92 Å². The zero-order valence-corrected chi connectivity index (χ0v) is 26.1. The van der Waals surface area contributed by atoms with Crippen LogP contribution in [0.2, 0.25) is 0 Å². The molecule has 0 atom stereocenters. The van der Waals surface area contributed by atoms with Crippen LogP contribution in [0, 0.1) is 0 Å². The molecule has 0 saturated carbocycles. The van der Waals surface area contributed by atoms with Crippen molar-refractivity contribution < 1.29 is 26.9 Å². The summed E-state index contributed by atoms with van der Waals surface area (Å²) in [5, 5.41) is 0. The summed E-state index contributed by atoms with van der Waals surface area (Å²) >= 11 is 0. The van der Waals surface area contributed by atoms with Crippen LogP contribution in [-0.2, 0) is 26.3 Å². The lowest BCUT2D eigenvalue weighted by molar-refractivity contribution is -0.118. The predicted octanol–water partition coefficient (Wildman–Crippen LogP) is 7.07. The molecule has 0 aromatic heterocycles. The van der Waals surface area contributed by atoms with Crippen molar-refractivity contribution >= 4 is 22.2 Å². The Morgan fingerprint density at radius 2 is 1.28 bits per heavy atom. The topological polar surface area (TPSA) is 98.8 Å². The first-order chi connectivity index (χ1) is 18.0. The van der Waals surface area contributed by atoms with Crippen LogP contribution in [0.3, 0.4) is 0 Å². The minimum absolute atomic E-state index is 0.0775. The molecule has 0 bridgehead atoms. The van der Waals surface area contributed by atoms with Crippen LogP contribution < -0.4 is 8.91 Å². The standard InChI is InChI=1S/C31H45NO6S/c1-17(2)22-14-24(18(3)4)26(25(15-22)19(5)6)16-28(33)32-39(35,36)38-27-13-12-23(31(34)37-11)29(20(7)8)30(27)21(9)10/h12-15,17-21H,16H2,1-11H3,(H,32,33). The van der Waals surface area contributed by atoms with Gasteiger partial charge in [-0.25, -0.2) is 9.52 Å². The van der Waals surface area contributed by atoms with E-state index in [9.17, 15) is 18.0 Å². The van der Waals surface area contributed by atoms with E-state index in [1.807, 2.05) is 27.7 Å². The van der Waals surface area contributed by atoms with Gasteiger partial charge in [0.25, 0.3) is 0 Å². The van der Waals surface area contributed by atoms with Gasteiger partial charge in [-0.3, -0.25) is 4.79 Å². The third kappa shape index (κ3) is 7.84. The molecule has 0 heterocycles. The molecule has 0 aliphatic carbocycles. The molecule has 0 fully saturated rings. The maximum absolute atomic E-state index is 13.1. The Morgan fingerprint density at radius 1 is 0.769 bits per heavy atom. The fraction of sp³-hybridized carbons (Fsp3) is 0.548. The average molecular weight is 560 g/mol. The van der Waals surface area contributed by atoms with Crippen molar-refractivity contribution in [1.82, 2.24) is 4.72 Å². The second-order valence-electron chi connectivity index (χ2n) is 11.6. The second-order valence-corrected chi connectivity index (χ2v) is 12.9. The Labute approximate surface area is 234 Å². The number of carbonyl (C=O) groups is 2. The summed E-state index contributed by atoms with van der Waals surface area (Å²) < 4.78 is 38.6. The number of rotatable bonds is 11. The van der Waals surface area contributed by atoms with Crippen LogP contribution >= 0.6 is 0 Å². The van der Waals surface area contributed by atoms with Crippen molar-refractivity contribution in [2.75, 3.05) is 7.11 Å². The van der Waals surface area contributed by atoms with E-state index in [1.165, 1.54) is 24.8 Å². The molecule has 216 valence electrons. The first kappa shape index (κ1) is 32.3. The molecule has 0 spiro atoms. The molecule has 0 saturated heterocycles. The SMILES string of the molecule is COC(=O)c1ccc(OS(=O)(=O)NC(=O)Cc2c(C(C)C)cc(C(C)C)cc2C(C)C)c(C(C)C)c1C(C)C. The van der Waals surface area contributed by atoms with Gasteiger partial charge in [-0.1, -0.05) is 81.4 Å². The number of hydrogen-bond donors (Lipinski definition) is 1. The number of amides is 1. The summed E-state index contributed by atoms with van der Waals surface area (Å²) in [5.41, 5.74) is 5.73. The van der Waals surface area contributed by atoms with Crippen molar-refractivity contribution in [2.45, 2.75) is 105 Å². The molecular weight excluding hydrogens is 514 g/mol. The maximum Gasteiger partial charge on any atom is 0.409 e. The van der Waals surface area contributed by atoms with Crippen molar-refractivity contribution in [2.24, 2.45) is 0 Å². The van der Waals surface area contributed by atoms with Gasteiger partial charge in [-0.05, 0) is 69.5 Å². The normalized spacial score (nSPS) is 12.1. The van der Waals surface area contributed by atoms with E-state index < -0.39 is 22.2 Å². The predicted molar refractivity (Wildman–Crippen MR) is 156 cm³/mol. The minimum atomic E-state index is -4.49. The molecule has 0 aliphatic rings. The van der Waals surface area contributed by atoms with Gasteiger partial charge >= 0.3 is 16.3 Å². The number of hydrogen-bond acceptors (Lipinski definition) is 6. The van der Waals surface area contributed by atoms with Crippen LogP contribution in [-0.4, -0.2) is 27.4 Å². The number of esters is 1. The molecule has 39 heavy (non-hydrogen) atoms. The van der Waals surface area contributed by atoms with Gasteiger partial charge in [0, 0.05) is 5.56 Å². The summed E-state index contributed by atoms with van der Waals surface area (Å²) in [5.74, 6) is -0.709. The van der Waals surface area contributed by atoms with E-state index in [-0.39, 0.29) is 35.8 Å². The smallest absolute Gasteiger partial charge is 0.409 e. The minimum Gasteiger partial charge on any atom is -0.465 e. The van der Waals surface area contributed by atoms with Gasteiger partial charge in [0.2, 0.25) is 5.91 Å². The molecule has 7 nitrogen and oxygen atoms in total. The number of ether oxygens (including phenoxy) is 1. The first-order valence-corrected chi connectivity index (χ1v) is 15.1. The lowest BCUT2D eigenvalue weighted by atomic mass is 9.83. The highest BCUT2D eigenvalue weighted by molar-refractivity contribution is 7.85. The molecule has 1 amide bonds. The fourth-order valence-corrected chi connectivity index (χ4v) is 5.75. The molecule has 2 aromatic carbocycles. The van der Waals surface area contributed by atoms with E-state index in [0.29, 0.717) is 22.6 Å². The Hall–Kier alpha value is -2.87. The van der Waals surface area contributed by atoms with Crippen molar-refractivity contribution in [3.8, 4) is 5.75 Å². The Bertz CT molecular complexity index is 1280. The molecule has 1 N–H and O–H groups in total. The molecule has 2 aromatic rings. The van der Waals surface area contributed by atoms with Crippen LogP contribution in [0.5, 0.6) is 5.75 Å². The fourth-order valence-electron chi connectivity index (χ4n) is 4.98. The molecule has 0 radical (unpaired) electrons. The van der Waals surface area contributed by atoms with Crippen LogP contribution in [0.4, 0.5) is 0 Å². The van der Waals surface area contributed by atoms with Crippen molar-refractivity contribution in [1.29, 1.82) is 0 Å². The van der Waals surface area contributed by atoms with Gasteiger partial charge < -0.3 is 8.92 Å². The Morgan fingerprint density at radius 3 is 1.69 bits per heavy atom. The third-order valence-corrected chi connectivity index (χ3v) is 7.71. The van der Waals surface area contributed by atoms with Crippen molar-refractivity contribution in [3.63, 3.8) is 0 Å². The Balaban J connectivity index is 2.46. The lowest BCUT2D eigenvalue weighted by Crippen LogP contribution is -2.35. The summed E-state index contributed by atoms with van der Waals surface area (Å²) in [4.78, 5) is 25.5. The highest BCUT2D eigenvalue weighted by atomic mass is 32.2. The maximum atomic E-state index is 13.1. The van der Waals surface area contributed by atoms with Gasteiger partial charge in [0.1, 0.15) is 5.75 Å². The number of nitrogens with one attached hydrogen (secondary N) is 1.